The van der Waals surface area contributed by atoms with E-state index in [1.807, 2.05) is 0 Å². The number of hydrogen-bond acceptors (Lipinski definition) is 3. The number of esters is 1. The molecule has 3 nitrogen and oxygen atoms in total. The van der Waals surface area contributed by atoms with Crippen molar-refractivity contribution >= 4 is 5.97 Å². The lowest BCUT2D eigenvalue weighted by Crippen LogP contribution is -2.24. The van der Waals surface area contributed by atoms with Gasteiger partial charge in [-0.2, -0.15) is 0 Å². The summed E-state index contributed by atoms with van der Waals surface area (Å²) in [5.74, 6) is -2.14. The van der Waals surface area contributed by atoms with Crippen molar-refractivity contribution in [3.8, 4) is 0 Å². The van der Waals surface area contributed by atoms with Gasteiger partial charge in [0.2, 0.25) is 5.85 Å². The zero-order chi connectivity index (χ0) is 11.2. The maximum atomic E-state index is 13.4. The molecule has 0 aromatic rings. The van der Waals surface area contributed by atoms with Gasteiger partial charge in [0.15, 0.2) is 0 Å². The van der Waals surface area contributed by atoms with Crippen molar-refractivity contribution < 1.29 is 18.7 Å². The third kappa shape index (κ3) is 5.70. The molecule has 4 heteroatoms. The molecule has 14 heavy (non-hydrogen) atoms. The Morgan fingerprint density at radius 3 is 2.43 bits per heavy atom. The number of rotatable bonds is 6. The third-order valence-electron chi connectivity index (χ3n) is 1.73. The molecule has 0 fully saturated rings. The molecule has 0 amide bonds. The molecule has 0 aliphatic heterocycles. The molecule has 82 valence electrons. The van der Waals surface area contributed by atoms with E-state index in [0.717, 1.165) is 0 Å². The van der Waals surface area contributed by atoms with Crippen LogP contribution in [0.3, 0.4) is 0 Å². The lowest BCUT2D eigenvalue weighted by Gasteiger charge is -2.20. The third-order valence-corrected chi connectivity index (χ3v) is 1.73. The highest BCUT2D eigenvalue weighted by molar-refractivity contribution is 5.65. The van der Waals surface area contributed by atoms with E-state index in [9.17, 15) is 9.18 Å². The van der Waals surface area contributed by atoms with E-state index in [1.165, 1.54) is 13.8 Å². The summed E-state index contributed by atoms with van der Waals surface area (Å²) in [6, 6.07) is 0. The highest BCUT2D eigenvalue weighted by atomic mass is 19.2. The van der Waals surface area contributed by atoms with E-state index in [-0.39, 0.29) is 19.2 Å². The minimum absolute atomic E-state index is 0.202. The standard InChI is InChI=1S/C10H17FO3/c1-8(2)10(4,11)14-7-5-6-13-9(3)12/h1,5-7H2,2-4H3. The number of ether oxygens (including phenoxy) is 2. The van der Waals surface area contributed by atoms with Gasteiger partial charge in [0, 0.05) is 13.3 Å². The van der Waals surface area contributed by atoms with Gasteiger partial charge in [-0.05, 0) is 19.4 Å². The van der Waals surface area contributed by atoms with Gasteiger partial charge < -0.3 is 9.47 Å². The Labute approximate surface area is 83.9 Å². The molecule has 1 unspecified atom stereocenters. The first-order valence-corrected chi connectivity index (χ1v) is 4.48. The first kappa shape index (κ1) is 13.1. The number of halogens is 1. The molecule has 0 rings (SSSR count). The summed E-state index contributed by atoms with van der Waals surface area (Å²) >= 11 is 0. The van der Waals surface area contributed by atoms with E-state index in [2.05, 4.69) is 11.3 Å². The van der Waals surface area contributed by atoms with Crippen molar-refractivity contribution in [2.75, 3.05) is 13.2 Å². The molecular weight excluding hydrogens is 187 g/mol. The topological polar surface area (TPSA) is 35.5 Å². The first-order valence-electron chi connectivity index (χ1n) is 4.48. The Hall–Kier alpha value is -0.900. The predicted octanol–water partition coefficient (Wildman–Crippen LogP) is 2.22. The van der Waals surface area contributed by atoms with E-state index in [0.29, 0.717) is 12.0 Å². The summed E-state index contributed by atoms with van der Waals surface area (Å²) in [6.45, 7) is 8.12. The summed E-state index contributed by atoms with van der Waals surface area (Å²) in [5, 5.41) is 0. The fraction of sp³-hybridized carbons (Fsp3) is 0.700. The van der Waals surface area contributed by atoms with Crippen molar-refractivity contribution in [3.63, 3.8) is 0 Å². The summed E-state index contributed by atoms with van der Waals surface area (Å²) in [7, 11) is 0. The summed E-state index contributed by atoms with van der Waals surface area (Å²) in [4.78, 5) is 10.4. The number of hydrogen-bond donors (Lipinski definition) is 0. The normalized spacial score (nSPS) is 14.6. The van der Waals surface area contributed by atoms with Crippen LogP contribution in [-0.2, 0) is 14.3 Å². The van der Waals surface area contributed by atoms with Gasteiger partial charge in [-0.1, -0.05) is 6.58 Å². The maximum Gasteiger partial charge on any atom is 0.302 e. The van der Waals surface area contributed by atoms with Crippen molar-refractivity contribution in [1.82, 2.24) is 0 Å². The molecule has 0 N–H and O–H groups in total. The zero-order valence-corrected chi connectivity index (χ0v) is 8.93. The number of alkyl halides is 1. The fourth-order valence-electron chi connectivity index (χ4n) is 0.662. The Balaban J connectivity index is 3.54. The van der Waals surface area contributed by atoms with E-state index >= 15 is 0 Å². The van der Waals surface area contributed by atoms with Crippen LogP contribution in [0.1, 0.15) is 27.2 Å². The molecule has 0 aromatic heterocycles. The van der Waals surface area contributed by atoms with Crippen molar-refractivity contribution in [3.05, 3.63) is 12.2 Å². The Bertz CT molecular complexity index is 211. The second-order valence-corrected chi connectivity index (χ2v) is 3.24. The van der Waals surface area contributed by atoms with E-state index < -0.39 is 5.85 Å². The van der Waals surface area contributed by atoms with Crippen LogP contribution in [0.5, 0.6) is 0 Å². The number of carbonyl (C=O) groups is 1. The quantitative estimate of drug-likeness (QED) is 0.378. The summed E-state index contributed by atoms with van der Waals surface area (Å²) in [6.07, 6.45) is 0.479. The van der Waals surface area contributed by atoms with Crippen LogP contribution in [0, 0.1) is 0 Å². The van der Waals surface area contributed by atoms with Crippen molar-refractivity contribution in [2.45, 2.75) is 33.0 Å². The largest absolute Gasteiger partial charge is 0.466 e. The smallest absolute Gasteiger partial charge is 0.302 e. The van der Waals surface area contributed by atoms with E-state index in [4.69, 9.17) is 4.74 Å². The van der Waals surface area contributed by atoms with Crippen LogP contribution >= 0.6 is 0 Å². The highest BCUT2D eigenvalue weighted by Crippen LogP contribution is 2.20. The van der Waals surface area contributed by atoms with Crippen LogP contribution in [0.25, 0.3) is 0 Å². The number of carbonyl (C=O) groups excluding carboxylic acids is 1. The van der Waals surface area contributed by atoms with Crippen molar-refractivity contribution in [2.24, 2.45) is 0 Å². The Morgan fingerprint density at radius 2 is 2.00 bits per heavy atom. The summed E-state index contributed by atoms with van der Waals surface area (Å²) < 4.78 is 22.9. The molecule has 0 saturated carbocycles. The van der Waals surface area contributed by atoms with Gasteiger partial charge in [0.05, 0.1) is 13.2 Å². The molecule has 0 bridgehead atoms. The van der Waals surface area contributed by atoms with Crippen LogP contribution in [0.4, 0.5) is 4.39 Å². The van der Waals surface area contributed by atoms with Gasteiger partial charge in [0.25, 0.3) is 0 Å². The minimum Gasteiger partial charge on any atom is -0.466 e. The monoisotopic (exact) mass is 204 g/mol. The zero-order valence-electron chi connectivity index (χ0n) is 8.93. The lowest BCUT2D eigenvalue weighted by molar-refractivity contribution is -0.142. The molecule has 0 heterocycles. The van der Waals surface area contributed by atoms with Gasteiger partial charge in [0.1, 0.15) is 0 Å². The molecule has 0 aliphatic carbocycles. The molecule has 0 radical (unpaired) electrons. The minimum atomic E-state index is -1.80. The second kappa shape index (κ2) is 5.75. The van der Waals surface area contributed by atoms with Gasteiger partial charge in [-0.3, -0.25) is 4.79 Å². The SMILES string of the molecule is C=C(C)C(C)(F)OCCCOC(C)=O. The molecule has 1 atom stereocenters. The van der Waals surface area contributed by atoms with Crippen LogP contribution in [0.2, 0.25) is 0 Å². The molecule has 0 aromatic carbocycles. The fourth-order valence-corrected chi connectivity index (χ4v) is 0.662. The summed E-state index contributed by atoms with van der Waals surface area (Å²) in [5.41, 5.74) is 0.324. The molecule has 0 aliphatic rings. The van der Waals surface area contributed by atoms with Gasteiger partial charge >= 0.3 is 5.97 Å². The van der Waals surface area contributed by atoms with Gasteiger partial charge in [-0.15, -0.1) is 0 Å². The second-order valence-electron chi connectivity index (χ2n) is 3.24. The Kier molecular flexibility index (Phi) is 5.38. The molecule has 0 saturated heterocycles. The Morgan fingerprint density at radius 1 is 1.43 bits per heavy atom. The van der Waals surface area contributed by atoms with Crippen LogP contribution < -0.4 is 0 Å². The average Bonchev–Trinajstić information content (AvgIpc) is 2.02. The van der Waals surface area contributed by atoms with Crippen LogP contribution in [-0.4, -0.2) is 25.0 Å². The lowest BCUT2D eigenvalue weighted by atomic mass is 10.2. The first-order chi connectivity index (χ1) is 6.36. The van der Waals surface area contributed by atoms with Crippen molar-refractivity contribution in [1.29, 1.82) is 0 Å². The molecular formula is C10H17FO3. The average molecular weight is 204 g/mol. The van der Waals surface area contributed by atoms with Crippen LogP contribution in [0.15, 0.2) is 12.2 Å². The maximum absolute atomic E-state index is 13.4. The van der Waals surface area contributed by atoms with E-state index in [1.54, 1.807) is 6.92 Å². The van der Waals surface area contributed by atoms with Gasteiger partial charge in [-0.25, -0.2) is 4.39 Å². The highest BCUT2D eigenvalue weighted by Gasteiger charge is 2.24. The predicted molar refractivity (Wildman–Crippen MR) is 51.5 cm³/mol. The molecule has 0 spiro atoms.